The zero-order valence-electron chi connectivity index (χ0n) is 15.0. The second-order valence-electron chi connectivity index (χ2n) is 5.96. The summed E-state index contributed by atoms with van der Waals surface area (Å²) in [6, 6.07) is 4.25. The standard InChI is InChI=1S/C17H21Cl2N3O3S2/c1-3-4-5-8-22(10-16(23)21-17-20-12(2)11-26-17)27(24,25)15-9-13(18)6-7-14(15)19/h6-7,9,11H,3-5,8,10H2,1-2H3,(H,20,21,23). The van der Waals surface area contributed by atoms with Crippen LogP contribution < -0.4 is 5.32 Å². The molecular formula is C17H21Cl2N3O3S2. The van der Waals surface area contributed by atoms with E-state index in [2.05, 4.69) is 10.3 Å². The molecule has 1 amide bonds. The van der Waals surface area contributed by atoms with Gasteiger partial charge in [0.1, 0.15) is 4.90 Å². The lowest BCUT2D eigenvalue weighted by Gasteiger charge is -2.22. The molecular weight excluding hydrogens is 429 g/mol. The monoisotopic (exact) mass is 449 g/mol. The molecule has 0 bridgehead atoms. The van der Waals surface area contributed by atoms with E-state index in [1.54, 1.807) is 5.38 Å². The van der Waals surface area contributed by atoms with Crippen LogP contribution >= 0.6 is 34.5 Å². The predicted molar refractivity (Wildman–Crippen MR) is 110 cm³/mol. The number of aromatic nitrogens is 1. The van der Waals surface area contributed by atoms with Crippen molar-refractivity contribution in [3.63, 3.8) is 0 Å². The number of aryl methyl sites for hydroxylation is 1. The molecule has 1 heterocycles. The van der Waals surface area contributed by atoms with Gasteiger partial charge >= 0.3 is 0 Å². The number of hydrogen-bond acceptors (Lipinski definition) is 5. The molecule has 0 aliphatic heterocycles. The first-order valence-electron chi connectivity index (χ1n) is 8.41. The lowest BCUT2D eigenvalue weighted by Crippen LogP contribution is -2.38. The number of carbonyl (C=O) groups excluding carboxylic acids is 1. The van der Waals surface area contributed by atoms with Gasteiger partial charge < -0.3 is 5.32 Å². The third kappa shape index (κ3) is 6.15. The summed E-state index contributed by atoms with van der Waals surface area (Å²) in [5.74, 6) is -0.456. The molecule has 0 atom stereocenters. The summed E-state index contributed by atoms with van der Waals surface area (Å²) in [6.07, 6.45) is 2.41. The average Bonchev–Trinajstić information content (AvgIpc) is 3.00. The number of thiazole rings is 1. The topological polar surface area (TPSA) is 79.4 Å². The van der Waals surface area contributed by atoms with Crippen molar-refractivity contribution in [1.82, 2.24) is 9.29 Å². The minimum absolute atomic E-state index is 0.0656. The molecule has 27 heavy (non-hydrogen) atoms. The van der Waals surface area contributed by atoms with Gasteiger partial charge in [-0.3, -0.25) is 4.79 Å². The van der Waals surface area contributed by atoms with Crippen LogP contribution in [0.15, 0.2) is 28.5 Å². The van der Waals surface area contributed by atoms with Gasteiger partial charge in [-0.25, -0.2) is 13.4 Å². The van der Waals surface area contributed by atoms with Gasteiger partial charge in [-0.15, -0.1) is 11.3 Å². The zero-order chi connectivity index (χ0) is 20.0. The SMILES string of the molecule is CCCCCN(CC(=O)Nc1nc(C)cs1)S(=O)(=O)c1cc(Cl)ccc1Cl. The van der Waals surface area contributed by atoms with E-state index in [0.29, 0.717) is 11.6 Å². The van der Waals surface area contributed by atoms with Gasteiger partial charge in [0.2, 0.25) is 15.9 Å². The molecule has 2 rings (SSSR count). The minimum Gasteiger partial charge on any atom is -0.301 e. The Kier molecular flexibility index (Phi) is 8.05. The Morgan fingerprint density at radius 2 is 2.04 bits per heavy atom. The van der Waals surface area contributed by atoms with Crippen molar-refractivity contribution in [3.05, 3.63) is 39.3 Å². The molecule has 10 heteroatoms. The fraction of sp³-hybridized carbons (Fsp3) is 0.412. The van der Waals surface area contributed by atoms with Crippen molar-refractivity contribution in [3.8, 4) is 0 Å². The summed E-state index contributed by atoms with van der Waals surface area (Å²) in [6.45, 7) is 3.72. The highest BCUT2D eigenvalue weighted by atomic mass is 35.5. The Bertz CT molecular complexity index is 901. The van der Waals surface area contributed by atoms with Crippen molar-refractivity contribution < 1.29 is 13.2 Å². The van der Waals surface area contributed by atoms with Crippen LogP contribution in [0.2, 0.25) is 10.0 Å². The Morgan fingerprint density at radius 1 is 1.30 bits per heavy atom. The van der Waals surface area contributed by atoms with Gasteiger partial charge in [0.25, 0.3) is 0 Å². The molecule has 1 aromatic heterocycles. The van der Waals surface area contributed by atoms with E-state index in [-0.39, 0.29) is 28.0 Å². The molecule has 1 N–H and O–H groups in total. The van der Waals surface area contributed by atoms with E-state index in [0.717, 1.165) is 22.8 Å². The van der Waals surface area contributed by atoms with E-state index in [1.165, 1.54) is 29.5 Å². The summed E-state index contributed by atoms with van der Waals surface area (Å²) >= 11 is 13.3. The first-order chi connectivity index (χ1) is 12.7. The molecule has 148 valence electrons. The van der Waals surface area contributed by atoms with Crippen molar-refractivity contribution in [2.24, 2.45) is 0 Å². The Hall–Kier alpha value is -1.19. The van der Waals surface area contributed by atoms with E-state index in [9.17, 15) is 13.2 Å². The molecule has 0 saturated heterocycles. The van der Waals surface area contributed by atoms with Gasteiger partial charge in [-0.05, 0) is 31.5 Å². The number of anilines is 1. The maximum Gasteiger partial charge on any atom is 0.245 e. The molecule has 2 aromatic rings. The molecule has 0 aliphatic rings. The third-order valence-corrected chi connectivity index (χ3v) is 7.14. The third-order valence-electron chi connectivity index (χ3n) is 3.71. The summed E-state index contributed by atoms with van der Waals surface area (Å²) < 4.78 is 27.3. The Morgan fingerprint density at radius 3 is 2.67 bits per heavy atom. The number of sulfonamides is 1. The number of nitrogens with zero attached hydrogens (tertiary/aromatic N) is 2. The lowest BCUT2D eigenvalue weighted by atomic mass is 10.2. The fourth-order valence-electron chi connectivity index (χ4n) is 2.37. The number of benzene rings is 1. The van der Waals surface area contributed by atoms with Crippen LogP contribution in [0.3, 0.4) is 0 Å². The summed E-state index contributed by atoms with van der Waals surface area (Å²) in [4.78, 5) is 16.4. The van der Waals surface area contributed by atoms with Crippen LogP contribution in [0, 0.1) is 6.92 Å². The highest BCUT2D eigenvalue weighted by Crippen LogP contribution is 2.28. The van der Waals surface area contributed by atoms with Gasteiger partial charge in [-0.1, -0.05) is 43.0 Å². The highest BCUT2D eigenvalue weighted by Gasteiger charge is 2.28. The first-order valence-corrected chi connectivity index (χ1v) is 11.5. The van der Waals surface area contributed by atoms with Gasteiger partial charge in [-0.2, -0.15) is 4.31 Å². The number of halogens is 2. The highest BCUT2D eigenvalue weighted by molar-refractivity contribution is 7.89. The van der Waals surface area contributed by atoms with E-state index in [4.69, 9.17) is 23.2 Å². The quantitative estimate of drug-likeness (QED) is 0.568. The fourth-order valence-corrected chi connectivity index (χ4v) is 5.24. The molecule has 0 radical (unpaired) electrons. The molecule has 6 nitrogen and oxygen atoms in total. The average molecular weight is 450 g/mol. The van der Waals surface area contributed by atoms with Crippen LogP contribution in [-0.4, -0.2) is 36.7 Å². The summed E-state index contributed by atoms with van der Waals surface area (Å²) in [5.41, 5.74) is 0.786. The molecule has 0 spiro atoms. The second kappa shape index (κ2) is 9.84. The molecule has 0 saturated carbocycles. The van der Waals surface area contributed by atoms with Crippen LogP contribution in [0.4, 0.5) is 5.13 Å². The van der Waals surface area contributed by atoms with E-state index >= 15 is 0 Å². The predicted octanol–water partition coefficient (Wildman–Crippen LogP) is 4.58. The molecule has 0 fully saturated rings. The number of carbonyl (C=O) groups is 1. The van der Waals surface area contributed by atoms with Gasteiger partial charge in [0.05, 0.1) is 17.3 Å². The number of nitrogens with one attached hydrogen (secondary N) is 1. The van der Waals surface area contributed by atoms with E-state index < -0.39 is 15.9 Å². The number of rotatable bonds is 9. The van der Waals surface area contributed by atoms with Crippen LogP contribution in [-0.2, 0) is 14.8 Å². The van der Waals surface area contributed by atoms with Gasteiger partial charge in [0.15, 0.2) is 5.13 Å². The summed E-state index contributed by atoms with van der Waals surface area (Å²) in [5, 5.41) is 5.20. The molecule has 0 aliphatic carbocycles. The van der Waals surface area contributed by atoms with Crippen molar-refractivity contribution in [1.29, 1.82) is 0 Å². The largest absolute Gasteiger partial charge is 0.301 e. The van der Waals surface area contributed by atoms with Crippen molar-refractivity contribution in [2.45, 2.75) is 38.0 Å². The first kappa shape index (κ1) is 22.1. The van der Waals surface area contributed by atoms with Crippen LogP contribution in [0.25, 0.3) is 0 Å². The van der Waals surface area contributed by atoms with Crippen LogP contribution in [0.5, 0.6) is 0 Å². The number of unbranched alkanes of at least 4 members (excludes halogenated alkanes) is 2. The van der Waals surface area contributed by atoms with Crippen molar-refractivity contribution in [2.75, 3.05) is 18.4 Å². The van der Waals surface area contributed by atoms with Crippen molar-refractivity contribution >= 4 is 55.6 Å². The van der Waals surface area contributed by atoms with E-state index in [1.807, 2.05) is 13.8 Å². The molecule has 1 aromatic carbocycles. The maximum absolute atomic E-state index is 13.1. The smallest absolute Gasteiger partial charge is 0.245 e. The lowest BCUT2D eigenvalue weighted by molar-refractivity contribution is -0.116. The maximum atomic E-state index is 13.1. The Labute approximate surface area is 173 Å². The number of amides is 1. The minimum atomic E-state index is -3.98. The normalized spacial score (nSPS) is 11.7. The summed E-state index contributed by atoms with van der Waals surface area (Å²) in [7, 11) is -3.98. The zero-order valence-corrected chi connectivity index (χ0v) is 18.2. The van der Waals surface area contributed by atoms with Gasteiger partial charge in [0, 0.05) is 16.9 Å². The number of hydrogen-bond donors (Lipinski definition) is 1. The van der Waals surface area contributed by atoms with Crippen LogP contribution in [0.1, 0.15) is 31.9 Å². The molecule has 0 unspecified atom stereocenters. The second-order valence-corrected chi connectivity index (χ2v) is 9.57. The Balaban J connectivity index is 2.24.